The minimum atomic E-state index is -0.220. The number of carbonyl (C=O) groups is 1. The van der Waals surface area contributed by atoms with E-state index in [1.165, 1.54) is 0 Å². The average Bonchev–Trinajstić information content (AvgIpc) is 2.66. The second kappa shape index (κ2) is 5.82. The Balaban J connectivity index is 2.61. The topological polar surface area (TPSA) is 81.2 Å². The molecule has 96 valence electrons. The lowest BCUT2D eigenvalue weighted by molar-refractivity contribution is 0.0939. The second-order valence-electron chi connectivity index (χ2n) is 4.55. The first kappa shape index (κ1) is 13.7. The molecule has 1 amide bonds. The monoisotopic (exact) mass is 239 g/mol. The standard InChI is InChI=1S/C12H21N3O2/c1-5-10-8(4)11(15-17-10)12(16)14-6-9(13)7(2)3/h7,9H,5-6,13H2,1-4H3,(H,14,16). The Hall–Kier alpha value is -1.36. The minimum absolute atomic E-state index is 0.0446. The van der Waals surface area contributed by atoms with Crippen molar-refractivity contribution in [1.29, 1.82) is 0 Å². The lowest BCUT2D eigenvalue weighted by Gasteiger charge is -2.15. The fourth-order valence-electron chi connectivity index (χ4n) is 1.44. The molecule has 5 nitrogen and oxygen atoms in total. The van der Waals surface area contributed by atoms with Crippen LogP contribution in [0.5, 0.6) is 0 Å². The van der Waals surface area contributed by atoms with Gasteiger partial charge in [0, 0.05) is 24.6 Å². The highest BCUT2D eigenvalue weighted by molar-refractivity contribution is 5.93. The number of amides is 1. The molecule has 5 heteroatoms. The van der Waals surface area contributed by atoms with Crippen molar-refractivity contribution in [3.05, 3.63) is 17.0 Å². The highest BCUT2D eigenvalue weighted by Gasteiger charge is 2.18. The van der Waals surface area contributed by atoms with Crippen molar-refractivity contribution in [2.24, 2.45) is 11.7 Å². The van der Waals surface area contributed by atoms with Gasteiger partial charge in [0.05, 0.1) is 0 Å². The van der Waals surface area contributed by atoms with Crippen LogP contribution < -0.4 is 11.1 Å². The lowest BCUT2D eigenvalue weighted by Crippen LogP contribution is -2.40. The highest BCUT2D eigenvalue weighted by Crippen LogP contribution is 2.13. The maximum atomic E-state index is 11.8. The van der Waals surface area contributed by atoms with Crippen LogP contribution in [0, 0.1) is 12.8 Å². The van der Waals surface area contributed by atoms with Crippen molar-refractivity contribution in [3.8, 4) is 0 Å². The number of carbonyl (C=O) groups excluding carboxylic acids is 1. The minimum Gasteiger partial charge on any atom is -0.360 e. The van der Waals surface area contributed by atoms with Gasteiger partial charge < -0.3 is 15.6 Å². The molecule has 0 aliphatic heterocycles. The Morgan fingerprint density at radius 2 is 2.18 bits per heavy atom. The summed E-state index contributed by atoms with van der Waals surface area (Å²) in [4.78, 5) is 11.8. The van der Waals surface area contributed by atoms with Gasteiger partial charge in [-0.3, -0.25) is 4.79 Å². The smallest absolute Gasteiger partial charge is 0.273 e. The summed E-state index contributed by atoms with van der Waals surface area (Å²) >= 11 is 0. The van der Waals surface area contributed by atoms with Crippen LogP contribution in [0.4, 0.5) is 0 Å². The third-order valence-electron chi connectivity index (χ3n) is 2.91. The first-order valence-corrected chi connectivity index (χ1v) is 5.96. The van der Waals surface area contributed by atoms with Gasteiger partial charge in [-0.05, 0) is 12.8 Å². The number of nitrogens with one attached hydrogen (secondary N) is 1. The molecule has 0 saturated heterocycles. The van der Waals surface area contributed by atoms with E-state index in [1.807, 2.05) is 27.7 Å². The van der Waals surface area contributed by atoms with Gasteiger partial charge in [-0.25, -0.2) is 0 Å². The molecule has 0 saturated carbocycles. The fourth-order valence-corrected chi connectivity index (χ4v) is 1.44. The normalized spacial score (nSPS) is 12.8. The summed E-state index contributed by atoms with van der Waals surface area (Å²) in [5.41, 5.74) is 7.02. The zero-order valence-electron chi connectivity index (χ0n) is 10.9. The van der Waals surface area contributed by atoms with Crippen LogP contribution >= 0.6 is 0 Å². The van der Waals surface area contributed by atoms with E-state index in [9.17, 15) is 4.79 Å². The summed E-state index contributed by atoms with van der Waals surface area (Å²) in [5.74, 6) is 0.866. The molecule has 0 aromatic carbocycles. The Morgan fingerprint density at radius 1 is 1.53 bits per heavy atom. The van der Waals surface area contributed by atoms with E-state index in [1.54, 1.807) is 0 Å². The van der Waals surface area contributed by atoms with E-state index < -0.39 is 0 Å². The molecule has 1 rings (SSSR count). The van der Waals surface area contributed by atoms with Crippen molar-refractivity contribution in [2.75, 3.05) is 6.54 Å². The molecule has 0 spiro atoms. The van der Waals surface area contributed by atoms with Crippen molar-refractivity contribution < 1.29 is 9.32 Å². The third kappa shape index (κ3) is 3.30. The van der Waals surface area contributed by atoms with Gasteiger partial charge in [0.1, 0.15) is 5.76 Å². The molecule has 17 heavy (non-hydrogen) atoms. The molecule has 0 aliphatic rings. The number of aryl methyl sites for hydroxylation is 1. The SMILES string of the molecule is CCc1onc(C(=O)NCC(N)C(C)C)c1C. The molecular formula is C12H21N3O2. The summed E-state index contributed by atoms with van der Waals surface area (Å²) < 4.78 is 5.08. The van der Waals surface area contributed by atoms with Crippen LogP contribution in [0.25, 0.3) is 0 Å². The molecule has 3 N–H and O–H groups in total. The van der Waals surface area contributed by atoms with Crippen LogP contribution in [-0.2, 0) is 6.42 Å². The summed E-state index contributed by atoms with van der Waals surface area (Å²) in [6, 6.07) is -0.0446. The van der Waals surface area contributed by atoms with E-state index in [0.717, 1.165) is 17.7 Å². The quantitative estimate of drug-likeness (QED) is 0.810. The summed E-state index contributed by atoms with van der Waals surface area (Å²) in [5, 5.41) is 6.55. The van der Waals surface area contributed by atoms with Crippen molar-refractivity contribution in [1.82, 2.24) is 10.5 Å². The number of rotatable bonds is 5. The lowest BCUT2D eigenvalue weighted by atomic mass is 10.1. The van der Waals surface area contributed by atoms with Crippen molar-refractivity contribution >= 4 is 5.91 Å². The summed E-state index contributed by atoms with van der Waals surface area (Å²) in [6.07, 6.45) is 0.734. The largest absolute Gasteiger partial charge is 0.360 e. The van der Waals surface area contributed by atoms with Gasteiger partial charge in [0.25, 0.3) is 5.91 Å². The third-order valence-corrected chi connectivity index (χ3v) is 2.91. The molecule has 1 heterocycles. The number of nitrogens with zero attached hydrogens (tertiary/aromatic N) is 1. The molecule has 1 aromatic heterocycles. The first-order chi connectivity index (χ1) is 7.97. The summed E-state index contributed by atoms with van der Waals surface area (Å²) in [6.45, 7) is 8.29. The zero-order valence-corrected chi connectivity index (χ0v) is 10.9. The predicted octanol–water partition coefficient (Wildman–Crippen LogP) is 1.26. The van der Waals surface area contributed by atoms with Gasteiger partial charge in [0.2, 0.25) is 0 Å². The van der Waals surface area contributed by atoms with Gasteiger partial charge in [-0.15, -0.1) is 0 Å². The van der Waals surface area contributed by atoms with Crippen LogP contribution in [-0.4, -0.2) is 23.7 Å². The van der Waals surface area contributed by atoms with E-state index in [0.29, 0.717) is 18.2 Å². The molecular weight excluding hydrogens is 218 g/mol. The van der Waals surface area contributed by atoms with Gasteiger partial charge >= 0.3 is 0 Å². The van der Waals surface area contributed by atoms with E-state index in [2.05, 4.69) is 10.5 Å². The highest BCUT2D eigenvalue weighted by atomic mass is 16.5. The Kier molecular flexibility index (Phi) is 4.69. The molecule has 1 unspecified atom stereocenters. The second-order valence-corrected chi connectivity index (χ2v) is 4.55. The van der Waals surface area contributed by atoms with E-state index >= 15 is 0 Å². The maximum absolute atomic E-state index is 11.8. The fraction of sp³-hybridized carbons (Fsp3) is 0.667. The predicted molar refractivity (Wildman–Crippen MR) is 65.8 cm³/mol. The number of nitrogens with two attached hydrogens (primary N) is 1. The average molecular weight is 239 g/mol. The van der Waals surface area contributed by atoms with Gasteiger partial charge in [-0.1, -0.05) is 25.9 Å². The Morgan fingerprint density at radius 3 is 2.65 bits per heavy atom. The van der Waals surface area contributed by atoms with E-state index in [-0.39, 0.29) is 11.9 Å². The van der Waals surface area contributed by atoms with Crippen LogP contribution in [0.2, 0.25) is 0 Å². The van der Waals surface area contributed by atoms with Crippen LogP contribution in [0.15, 0.2) is 4.52 Å². The van der Waals surface area contributed by atoms with Gasteiger partial charge in [0.15, 0.2) is 5.69 Å². The maximum Gasteiger partial charge on any atom is 0.273 e. The first-order valence-electron chi connectivity index (χ1n) is 5.96. The number of hydrogen-bond donors (Lipinski definition) is 2. The summed E-state index contributed by atoms with van der Waals surface area (Å²) in [7, 11) is 0. The van der Waals surface area contributed by atoms with E-state index in [4.69, 9.17) is 10.3 Å². The van der Waals surface area contributed by atoms with Gasteiger partial charge in [-0.2, -0.15) is 0 Å². The van der Waals surface area contributed by atoms with Crippen molar-refractivity contribution in [2.45, 2.75) is 40.2 Å². The number of aromatic nitrogens is 1. The van der Waals surface area contributed by atoms with Crippen LogP contribution in [0.3, 0.4) is 0 Å². The van der Waals surface area contributed by atoms with Crippen molar-refractivity contribution in [3.63, 3.8) is 0 Å². The molecule has 0 radical (unpaired) electrons. The molecule has 0 bridgehead atoms. The molecule has 0 fully saturated rings. The Labute approximate surface area is 102 Å². The molecule has 1 aromatic rings. The molecule has 1 atom stereocenters. The van der Waals surface area contributed by atoms with Crippen LogP contribution in [0.1, 0.15) is 42.6 Å². The number of hydrogen-bond acceptors (Lipinski definition) is 4. The Bertz CT molecular complexity index is 385. The zero-order chi connectivity index (χ0) is 13.0. The molecule has 0 aliphatic carbocycles.